The molecule has 3 aromatic carbocycles. The van der Waals surface area contributed by atoms with Crippen LogP contribution in [-0.4, -0.2) is 6.88 Å². The van der Waals surface area contributed by atoms with Gasteiger partial charge in [0.2, 0.25) is 0 Å². The van der Waals surface area contributed by atoms with E-state index in [1.54, 1.807) is 0 Å². The molecule has 3 aromatic rings. The molecule has 0 aliphatic heterocycles. The average molecular weight is 531 g/mol. The van der Waals surface area contributed by atoms with E-state index in [2.05, 4.69) is 95.9 Å². The molecule has 5 rings (SSSR count). The van der Waals surface area contributed by atoms with E-state index in [4.69, 9.17) is 17.0 Å². The predicted octanol–water partition coefficient (Wildman–Crippen LogP) is 7.94. The molecule has 154 valence electrons. The van der Waals surface area contributed by atoms with Crippen molar-refractivity contribution in [3.8, 4) is 11.1 Å². The molecule has 0 radical (unpaired) electrons. The number of allylic oxidation sites excluding steroid dienone is 1. The summed E-state index contributed by atoms with van der Waals surface area (Å²) in [6, 6.07) is 24.0. The molecule has 0 amide bonds. The maximum atomic E-state index is 8.27. The van der Waals surface area contributed by atoms with Crippen molar-refractivity contribution in [3.63, 3.8) is 0 Å². The van der Waals surface area contributed by atoms with Crippen molar-refractivity contribution in [2.75, 3.05) is 0 Å². The molecule has 2 aliphatic carbocycles. The third kappa shape index (κ3) is 2.67. The number of benzene rings is 3. The van der Waals surface area contributed by atoms with E-state index in [1.165, 1.54) is 44.5 Å². The average Bonchev–Trinajstić information content (AvgIpc) is 3.18. The van der Waals surface area contributed by atoms with Crippen LogP contribution in [0, 0.1) is 6.92 Å². The molecule has 0 saturated carbocycles. The number of halogens is 2. The second kappa shape index (κ2) is 5.34. The van der Waals surface area contributed by atoms with Gasteiger partial charge in [-0.15, -0.1) is 0 Å². The first-order valence-electron chi connectivity index (χ1n) is 10.7. The van der Waals surface area contributed by atoms with Crippen molar-refractivity contribution >= 4 is 30.0 Å². The third-order valence-corrected chi connectivity index (χ3v) is 32.5. The number of hydrogen-bond donors (Lipinski definition) is 0. The summed E-state index contributed by atoms with van der Waals surface area (Å²) in [6.45, 7) is 6.34. The van der Waals surface area contributed by atoms with E-state index >= 15 is 0 Å². The summed E-state index contributed by atoms with van der Waals surface area (Å²) in [7, 11) is 16.5. The molecule has 0 saturated heterocycles. The van der Waals surface area contributed by atoms with Crippen molar-refractivity contribution in [2.24, 2.45) is 0 Å². The molecule has 0 heterocycles. The van der Waals surface area contributed by atoms with Crippen LogP contribution in [0.5, 0.6) is 0 Å². The van der Waals surface area contributed by atoms with Crippen LogP contribution in [0.3, 0.4) is 0 Å². The zero-order chi connectivity index (χ0) is 21.6. The molecule has 4 heteroatoms. The van der Waals surface area contributed by atoms with E-state index in [0.29, 0.717) is 0 Å². The van der Waals surface area contributed by atoms with Crippen LogP contribution in [0.15, 0.2) is 72.3 Å². The Morgan fingerprint density at radius 3 is 1.77 bits per heavy atom. The molecule has 0 bridgehead atoms. The molecule has 1 atom stereocenters. The van der Waals surface area contributed by atoms with Crippen molar-refractivity contribution in [3.05, 3.63) is 100 Å². The van der Waals surface area contributed by atoms with Crippen LogP contribution in [0.25, 0.3) is 17.2 Å². The zero-order valence-corrected chi connectivity index (χ0v) is 23.4. The van der Waals surface area contributed by atoms with Gasteiger partial charge in [0.15, 0.2) is 0 Å². The fourth-order valence-corrected chi connectivity index (χ4v) is 35.5. The number of rotatable bonds is 2. The Morgan fingerprint density at radius 1 is 0.700 bits per heavy atom. The Hall–Kier alpha value is -0.920. The Kier molecular flexibility index (Phi) is 3.73. The van der Waals surface area contributed by atoms with Gasteiger partial charge in [-0.1, -0.05) is 0 Å². The summed E-state index contributed by atoms with van der Waals surface area (Å²) >= 11 is -5.61. The van der Waals surface area contributed by atoms with Crippen LogP contribution in [-0.2, 0) is 12.0 Å². The van der Waals surface area contributed by atoms with Crippen molar-refractivity contribution in [1.82, 2.24) is 0 Å². The molecule has 2 aliphatic rings. The number of fused-ring (bicyclic) bond motifs is 4. The minimum absolute atomic E-state index is 0.0162. The van der Waals surface area contributed by atoms with Gasteiger partial charge in [0.1, 0.15) is 0 Å². The Morgan fingerprint density at radius 2 is 1.20 bits per heavy atom. The quantitative estimate of drug-likeness (QED) is 0.295. The van der Waals surface area contributed by atoms with Gasteiger partial charge >= 0.3 is 184 Å². The van der Waals surface area contributed by atoms with Gasteiger partial charge in [0.25, 0.3) is 0 Å². The summed E-state index contributed by atoms with van der Waals surface area (Å²) in [5.74, 6) is 0. The summed E-state index contributed by atoms with van der Waals surface area (Å²) < 4.78 is 4.53. The van der Waals surface area contributed by atoms with Crippen LogP contribution in [0.4, 0.5) is 0 Å². The van der Waals surface area contributed by atoms with Gasteiger partial charge in [-0.25, -0.2) is 0 Å². The van der Waals surface area contributed by atoms with E-state index < -0.39 is 12.0 Å². The number of hydrogen-bond acceptors (Lipinski definition) is 0. The molecule has 0 spiro atoms. The summed E-state index contributed by atoms with van der Waals surface area (Å²) in [5.41, 5.74) is 10.3. The van der Waals surface area contributed by atoms with Gasteiger partial charge in [0.05, 0.1) is 0 Å². The molecular weight excluding hydrogens is 503 g/mol. The summed E-state index contributed by atoms with van der Waals surface area (Å²) in [4.78, 5) is 0. The Bertz CT molecular complexity index is 1360. The van der Waals surface area contributed by atoms with Crippen molar-refractivity contribution < 1.29 is 12.0 Å². The van der Waals surface area contributed by atoms with Gasteiger partial charge in [0, 0.05) is 0 Å². The normalized spacial score (nSPS) is 21.5. The second-order valence-corrected chi connectivity index (χ2v) is 79.6. The van der Waals surface area contributed by atoms with Gasteiger partial charge in [-0.05, 0) is 0 Å². The fourth-order valence-electron chi connectivity index (χ4n) is 6.84. The van der Waals surface area contributed by atoms with Crippen LogP contribution < -0.4 is 0 Å². The van der Waals surface area contributed by atoms with Crippen LogP contribution in [0.1, 0.15) is 42.0 Å². The van der Waals surface area contributed by atoms with Gasteiger partial charge in [-0.3, -0.25) is 0 Å². The van der Waals surface area contributed by atoms with Crippen LogP contribution in [0.2, 0.25) is 9.26 Å². The number of aryl methyl sites for hydroxylation is 1. The molecule has 0 fully saturated rings. The van der Waals surface area contributed by atoms with Crippen molar-refractivity contribution in [1.29, 1.82) is 0 Å². The van der Waals surface area contributed by atoms with E-state index in [1.807, 2.05) is 6.88 Å². The first kappa shape index (κ1) is 21.0. The molecule has 30 heavy (non-hydrogen) atoms. The maximum absolute atomic E-state index is 8.27. The van der Waals surface area contributed by atoms with Crippen LogP contribution >= 0.6 is 17.0 Å². The third-order valence-electron chi connectivity index (χ3n) is 7.66. The van der Waals surface area contributed by atoms with Crippen molar-refractivity contribution in [2.45, 2.75) is 30.4 Å². The van der Waals surface area contributed by atoms with E-state index in [-0.39, 0.29) is 7.25 Å². The molecule has 0 N–H and O–H groups in total. The molecule has 1 unspecified atom stereocenters. The Balaban J connectivity index is 1.92. The first-order valence-corrected chi connectivity index (χ1v) is 30.7. The van der Waals surface area contributed by atoms with Gasteiger partial charge in [-0.2, -0.15) is 0 Å². The summed E-state index contributed by atoms with van der Waals surface area (Å²) in [5, 5.41) is 0. The molecule has 0 nitrogen and oxygen atoms in total. The Labute approximate surface area is 182 Å². The zero-order valence-electron chi connectivity index (χ0n) is 18.0. The summed E-state index contributed by atoms with van der Waals surface area (Å²) in [6.07, 6.45) is 2.32. The fraction of sp³-hybridized carbons (Fsp3) is 0.231. The first-order chi connectivity index (χ1) is 13.7. The minimum atomic E-state index is -5.61. The predicted molar refractivity (Wildman–Crippen MR) is 133 cm³/mol. The monoisotopic (exact) mass is 528 g/mol. The topological polar surface area (TPSA) is 0 Å². The molecule has 0 aromatic heterocycles. The molecular formula is C26H28Cl2SiZr. The SMILES string of the molecule is CC1=Cc2c(C)cccc2[CH]1[Zr]([CH3])([CH3])(=[SiH2])([Cl])([Cl])[CH]1c2ccccc2-c2ccccc21. The standard InChI is InChI=1S/C13H9.C11H11.2CH3.2ClH.H2Si.Zr/c1-3-7-12-10(5-1)9-11-6-2-4-8-13(11)12;1-8-6-10-5-3-4-9(2)11(10)7-8;;;;;;/h1-9H;3-7H,1-2H3;2*1H3;2*1H;1H2;/q;;;;;;;+2/p-2. The second-order valence-electron chi connectivity index (χ2n) is 11.5. The van der Waals surface area contributed by atoms with E-state index in [0.717, 1.165) is 0 Å². The van der Waals surface area contributed by atoms with E-state index in [9.17, 15) is 0 Å². The van der Waals surface area contributed by atoms with Gasteiger partial charge < -0.3 is 0 Å².